The first-order valence-electron chi connectivity index (χ1n) is 8.53. The first-order chi connectivity index (χ1) is 13.3. The van der Waals surface area contributed by atoms with E-state index in [-0.39, 0.29) is 27.1 Å². The maximum absolute atomic E-state index is 12.6. The van der Waals surface area contributed by atoms with Crippen molar-refractivity contribution in [2.75, 3.05) is 10.0 Å². The average Bonchev–Trinajstić information content (AvgIpc) is 2.65. The fourth-order valence-corrected chi connectivity index (χ4v) is 4.11. The fraction of sp³-hybridized carbons (Fsp3) is 0.0952. The lowest BCUT2D eigenvalue weighted by atomic mass is 10.1. The Kier molecular flexibility index (Phi) is 5.72. The van der Waals surface area contributed by atoms with Crippen LogP contribution in [0.1, 0.15) is 21.5 Å². The molecule has 2 N–H and O–H groups in total. The van der Waals surface area contributed by atoms with Crippen LogP contribution in [0.4, 0.5) is 11.4 Å². The molecular formula is C21H19ClN2O3S. The van der Waals surface area contributed by atoms with E-state index in [1.54, 1.807) is 18.2 Å². The number of hydrogen-bond donors (Lipinski definition) is 2. The minimum atomic E-state index is -3.73. The summed E-state index contributed by atoms with van der Waals surface area (Å²) in [5.41, 5.74) is 3.15. The van der Waals surface area contributed by atoms with Crippen LogP contribution in [0.5, 0.6) is 0 Å². The molecule has 0 bridgehead atoms. The van der Waals surface area contributed by atoms with Gasteiger partial charge in [0, 0.05) is 5.69 Å². The summed E-state index contributed by atoms with van der Waals surface area (Å²) in [5.74, 6) is -0.361. The molecule has 0 radical (unpaired) electrons. The first-order valence-corrected chi connectivity index (χ1v) is 10.4. The van der Waals surface area contributed by atoms with Gasteiger partial charge in [-0.05, 0) is 55.3 Å². The lowest BCUT2D eigenvalue weighted by molar-refractivity contribution is 0.102. The Morgan fingerprint density at radius 2 is 1.54 bits per heavy atom. The van der Waals surface area contributed by atoms with Crippen molar-refractivity contribution in [3.8, 4) is 0 Å². The van der Waals surface area contributed by atoms with Gasteiger partial charge in [0.25, 0.3) is 15.9 Å². The molecule has 3 aromatic rings. The SMILES string of the molecule is Cc1cccc(C)c1NC(=O)c1ccc(NS(=O)(=O)c2ccccc2)cc1Cl. The second kappa shape index (κ2) is 8.04. The summed E-state index contributed by atoms with van der Waals surface area (Å²) < 4.78 is 27.3. The molecule has 0 spiro atoms. The quantitative estimate of drug-likeness (QED) is 0.616. The number of carbonyl (C=O) groups excluding carboxylic acids is 1. The van der Waals surface area contributed by atoms with E-state index in [0.717, 1.165) is 16.8 Å². The second-order valence-electron chi connectivity index (χ2n) is 6.33. The van der Waals surface area contributed by atoms with Crippen molar-refractivity contribution < 1.29 is 13.2 Å². The number of para-hydroxylation sites is 1. The summed E-state index contributed by atoms with van der Waals surface area (Å²) in [4.78, 5) is 12.8. The van der Waals surface area contributed by atoms with Crippen molar-refractivity contribution in [1.29, 1.82) is 0 Å². The third-order valence-corrected chi connectivity index (χ3v) is 5.95. The monoisotopic (exact) mass is 414 g/mol. The summed E-state index contributed by atoms with van der Waals surface area (Å²) in [6.07, 6.45) is 0. The lowest BCUT2D eigenvalue weighted by Crippen LogP contribution is -2.15. The fourth-order valence-electron chi connectivity index (χ4n) is 2.77. The summed E-state index contributed by atoms with van der Waals surface area (Å²) in [6.45, 7) is 3.82. The van der Waals surface area contributed by atoms with E-state index in [1.165, 1.54) is 30.3 Å². The van der Waals surface area contributed by atoms with E-state index in [9.17, 15) is 13.2 Å². The molecule has 0 unspecified atom stereocenters. The highest BCUT2D eigenvalue weighted by Gasteiger charge is 2.17. The predicted molar refractivity (Wildman–Crippen MR) is 113 cm³/mol. The topological polar surface area (TPSA) is 75.3 Å². The van der Waals surface area contributed by atoms with Gasteiger partial charge >= 0.3 is 0 Å². The molecule has 3 rings (SSSR count). The van der Waals surface area contributed by atoms with Crippen LogP contribution in [0.25, 0.3) is 0 Å². The van der Waals surface area contributed by atoms with Crippen molar-refractivity contribution in [2.24, 2.45) is 0 Å². The minimum absolute atomic E-state index is 0.142. The predicted octanol–water partition coefficient (Wildman–Crippen LogP) is 5.01. The molecule has 0 fully saturated rings. The summed E-state index contributed by atoms with van der Waals surface area (Å²) in [5, 5.41) is 3.02. The average molecular weight is 415 g/mol. The van der Waals surface area contributed by atoms with E-state index < -0.39 is 10.0 Å². The number of rotatable bonds is 5. The number of halogens is 1. The molecule has 5 nitrogen and oxygen atoms in total. The van der Waals surface area contributed by atoms with Crippen molar-refractivity contribution in [1.82, 2.24) is 0 Å². The van der Waals surface area contributed by atoms with E-state index in [2.05, 4.69) is 10.0 Å². The molecule has 0 atom stereocenters. The number of benzene rings is 3. The molecule has 7 heteroatoms. The van der Waals surface area contributed by atoms with Gasteiger partial charge in [-0.25, -0.2) is 8.42 Å². The van der Waals surface area contributed by atoms with Gasteiger partial charge in [0.15, 0.2) is 0 Å². The van der Waals surface area contributed by atoms with Gasteiger partial charge in [-0.2, -0.15) is 0 Å². The molecule has 0 saturated heterocycles. The van der Waals surface area contributed by atoms with Gasteiger partial charge < -0.3 is 5.32 Å². The Hall–Kier alpha value is -2.83. The zero-order chi connectivity index (χ0) is 20.3. The summed E-state index contributed by atoms with van der Waals surface area (Å²) in [7, 11) is -3.73. The molecule has 28 heavy (non-hydrogen) atoms. The molecule has 0 aliphatic rings. The maximum atomic E-state index is 12.6. The molecule has 0 aromatic heterocycles. The molecule has 0 saturated carbocycles. The van der Waals surface area contributed by atoms with Crippen LogP contribution in [0.2, 0.25) is 5.02 Å². The highest BCUT2D eigenvalue weighted by molar-refractivity contribution is 7.92. The molecular weight excluding hydrogens is 396 g/mol. The van der Waals surface area contributed by atoms with E-state index >= 15 is 0 Å². The van der Waals surface area contributed by atoms with Gasteiger partial charge in [-0.15, -0.1) is 0 Å². The molecule has 3 aromatic carbocycles. The largest absolute Gasteiger partial charge is 0.321 e. The van der Waals surface area contributed by atoms with Gasteiger partial charge in [-0.1, -0.05) is 48.0 Å². The molecule has 0 heterocycles. The van der Waals surface area contributed by atoms with Crippen LogP contribution in [-0.4, -0.2) is 14.3 Å². The van der Waals surface area contributed by atoms with Crippen LogP contribution in [-0.2, 0) is 10.0 Å². The number of nitrogens with one attached hydrogen (secondary N) is 2. The highest BCUT2D eigenvalue weighted by Crippen LogP contribution is 2.26. The Morgan fingerprint density at radius 3 is 2.14 bits per heavy atom. The van der Waals surface area contributed by atoms with Crippen LogP contribution in [0, 0.1) is 13.8 Å². The number of sulfonamides is 1. The zero-order valence-electron chi connectivity index (χ0n) is 15.4. The summed E-state index contributed by atoms with van der Waals surface area (Å²) in [6, 6.07) is 18.2. The van der Waals surface area contributed by atoms with E-state index in [0.29, 0.717) is 0 Å². The number of carbonyl (C=O) groups is 1. The Bertz CT molecular complexity index is 1110. The van der Waals surface area contributed by atoms with Gasteiger partial charge in [0.1, 0.15) is 0 Å². The lowest BCUT2D eigenvalue weighted by Gasteiger charge is -2.13. The number of aryl methyl sites for hydroxylation is 2. The van der Waals surface area contributed by atoms with Crippen molar-refractivity contribution in [3.05, 3.63) is 88.4 Å². The van der Waals surface area contributed by atoms with Crippen LogP contribution in [0.3, 0.4) is 0 Å². The molecule has 0 aliphatic carbocycles. The Balaban J connectivity index is 1.82. The van der Waals surface area contributed by atoms with Crippen LogP contribution < -0.4 is 10.0 Å². The van der Waals surface area contributed by atoms with Crippen molar-refractivity contribution in [2.45, 2.75) is 18.7 Å². The third-order valence-electron chi connectivity index (χ3n) is 4.24. The molecule has 0 aliphatic heterocycles. The number of anilines is 2. The second-order valence-corrected chi connectivity index (χ2v) is 8.42. The molecule has 144 valence electrons. The highest BCUT2D eigenvalue weighted by atomic mass is 35.5. The Labute approximate surface area is 169 Å². The third kappa shape index (κ3) is 4.35. The summed E-state index contributed by atoms with van der Waals surface area (Å²) >= 11 is 6.25. The minimum Gasteiger partial charge on any atom is -0.321 e. The van der Waals surface area contributed by atoms with Crippen LogP contribution >= 0.6 is 11.6 Å². The smallest absolute Gasteiger partial charge is 0.261 e. The van der Waals surface area contributed by atoms with Crippen molar-refractivity contribution >= 4 is 38.9 Å². The number of amides is 1. The van der Waals surface area contributed by atoms with E-state index in [1.807, 2.05) is 32.0 Å². The Morgan fingerprint density at radius 1 is 0.893 bits per heavy atom. The van der Waals surface area contributed by atoms with Gasteiger partial charge in [-0.3, -0.25) is 9.52 Å². The first kappa shape index (κ1) is 19.9. The van der Waals surface area contributed by atoms with Crippen LogP contribution in [0.15, 0.2) is 71.6 Å². The standard InChI is InChI=1S/C21H19ClN2O3S/c1-14-7-6-8-15(2)20(14)23-21(25)18-12-11-16(13-19(18)22)24-28(26,27)17-9-4-3-5-10-17/h3-13,24H,1-2H3,(H,23,25). The van der Waals surface area contributed by atoms with Gasteiger partial charge in [0.05, 0.1) is 21.2 Å². The maximum Gasteiger partial charge on any atom is 0.261 e. The van der Waals surface area contributed by atoms with Gasteiger partial charge in [0.2, 0.25) is 0 Å². The van der Waals surface area contributed by atoms with E-state index in [4.69, 9.17) is 11.6 Å². The zero-order valence-corrected chi connectivity index (χ0v) is 16.9. The molecule has 1 amide bonds. The number of hydrogen-bond acceptors (Lipinski definition) is 3. The van der Waals surface area contributed by atoms with Crippen molar-refractivity contribution in [3.63, 3.8) is 0 Å². The normalized spacial score (nSPS) is 11.1.